The third-order valence-electron chi connectivity index (χ3n) is 2.37. The number of aromatic nitrogens is 2. The summed E-state index contributed by atoms with van der Waals surface area (Å²) in [4.78, 5) is 8.61. The second-order valence-electron chi connectivity index (χ2n) is 4.35. The smallest absolute Gasteiger partial charge is 0.145 e. The molecule has 1 heterocycles. The third kappa shape index (κ3) is 2.76. The van der Waals surface area contributed by atoms with Gasteiger partial charge in [-0.05, 0) is 17.9 Å². The van der Waals surface area contributed by atoms with E-state index in [1.165, 1.54) is 0 Å². The van der Waals surface area contributed by atoms with Crippen LogP contribution < -0.4 is 0 Å². The van der Waals surface area contributed by atoms with Crippen molar-refractivity contribution in [3.63, 3.8) is 0 Å². The van der Waals surface area contributed by atoms with Gasteiger partial charge in [0.2, 0.25) is 0 Å². The quantitative estimate of drug-likeness (QED) is 0.759. The molecule has 80 valence electrons. The van der Waals surface area contributed by atoms with Crippen molar-refractivity contribution in [1.82, 2.24) is 9.97 Å². The molecule has 1 atom stereocenters. The first kappa shape index (κ1) is 11.6. The van der Waals surface area contributed by atoms with E-state index in [4.69, 9.17) is 5.26 Å². The Morgan fingerprint density at radius 3 is 2.40 bits per heavy atom. The monoisotopic (exact) mass is 203 g/mol. The van der Waals surface area contributed by atoms with Crippen molar-refractivity contribution in [3.05, 3.63) is 23.8 Å². The van der Waals surface area contributed by atoms with Crippen LogP contribution in [0.5, 0.6) is 0 Å². The second-order valence-corrected chi connectivity index (χ2v) is 4.35. The summed E-state index contributed by atoms with van der Waals surface area (Å²) in [6.07, 6.45) is 1.74. The summed E-state index contributed by atoms with van der Waals surface area (Å²) < 4.78 is 0. The van der Waals surface area contributed by atoms with Gasteiger partial charge in [-0.25, -0.2) is 9.97 Å². The highest BCUT2D eigenvalue weighted by atomic mass is 14.9. The fourth-order valence-corrected chi connectivity index (χ4v) is 1.36. The molecular formula is C12H17N3. The Morgan fingerprint density at radius 2 is 1.93 bits per heavy atom. The lowest BCUT2D eigenvalue weighted by Crippen LogP contribution is -2.10. The maximum absolute atomic E-state index is 9.05. The largest absolute Gasteiger partial charge is 0.240 e. The Morgan fingerprint density at radius 1 is 1.27 bits per heavy atom. The van der Waals surface area contributed by atoms with Crippen LogP contribution in [0, 0.1) is 17.2 Å². The summed E-state index contributed by atoms with van der Waals surface area (Å²) in [5, 5.41) is 9.05. The van der Waals surface area contributed by atoms with Crippen LogP contribution in [0.25, 0.3) is 0 Å². The summed E-state index contributed by atoms with van der Waals surface area (Å²) in [6.45, 7) is 8.20. The summed E-state index contributed by atoms with van der Waals surface area (Å²) in [7, 11) is 0. The molecule has 0 radical (unpaired) electrons. The minimum absolute atomic E-state index is 0.205. The Balaban J connectivity index is 3.04. The number of nitriles is 1. The molecule has 0 aromatic carbocycles. The van der Waals surface area contributed by atoms with Crippen molar-refractivity contribution < 1.29 is 0 Å². The summed E-state index contributed by atoms with van der Waals surface area (Å²) in [6, 6.07) is 4.16. The van der Waals surface area contributed by atoms with Crippen molar-refractivity contribution in [1.29, 1.82) is 5.26 Å². The normalized spacial score (nSPS) is 12.9. The molecule has 1 aromatic heterocycles. The van der Waals surface area contributed by atoms with Gasteiger partial charge < -0.3 is 0 Å². The van der Waals surface area contributed by atoms with Gasteiger partial charge in [-0.3, -0.25) is 0 Å². The van der Waals surface area contributed by atoms with Crippen LogP contribution in [-0.4, -0.2) is 9.97 Å². The first-order valence-electron chi connectivity index (χ1n) is 5.28. The van der Waals surface area contributed by atoms with E-state index in [-0.39, 0.29) is 11.8 Å². The van der Waals surface area contributed by atoms with Crippen LogP contribution in [0.4, 0.5) is 0 Å². The number of hydrogen-bond acceptors (Lipinski definition) is 3. The summed E-state index contributed by atoms with van der Waals surface area (Å²) >= 11 is 0. The van der Waals surface area contributed by atoms with Gasteiger partial charge in [0.25, 0.3) is 0 Å². The van der Waals surface area contributed by atoms with Crippen LogP contribution in [-0.2, 0) is 0 Å². The van der Waals surface area contributed by atoms with E-state index in [9.17, 15) is 0 Å². The SMILES string of the molecule is CC(C)c1ccnc(C(C#N)C(C)C)n1. The topological polar surface area (TPSA) is 49.6 Å². The van der Waals surface area contributed by atoms with E-state index < -0.39 is 0 Å². The zero-order valence-corrected chi connectivity index (χ0v) is 9.73. The van der Waals surface area contributed by atoms with E-state index in [0.717, 1.165) is 5.69 Å². The van der Waals surface area contributed by atoms with Gasteiger partial charge in [0.15, 0.2) is 0 Å². The van der Waals surface area contributed by atoms with Gasteiger partial charge in [-0.15, -0.1) is 0 Å². The van der Waals surface area contributed by atoms with Crippen LogP contribution >= 0.6 is 0 Å². The molecule has 3 nitrogen and oxygen atoms in total. The lowest BCUT2D eigenvalue weighted by Gasteiger charge is -2.13. The molecule has 0 N–H and O–H groups in total. The Kier molecular flexibility index (Phi) is 3.79. The maximum atomic E-state index is 9.05. The molecule has 0 aliphatic carbocycles. The molecule has 0 saturated carbocycles. The van der Waals surface area contributed by atoms with Gasteiger partial charge in [-0.2, -0.15) is 5.26 Å². The van der Waals surface area contributed by atoms with Crippen LogP contribution in [0.2, 0.25) is 0 Å². The molecule has 0 saturated heterocycles. The Hall–Kier alpha value is -1.43. The highest BCUT2D eigenvalue weighted by Gasteiger charge is 2.18. The molecule has 1 unspecified atom stereocenters. The fourth-order valence-electron chi connectivity index (χ4n) is 1.36. The van der Waals surface area contributed by atoms with Crippen LogP contribution in [0.15, 0.2) is 12.3 Å². The lowest BCUT2D eigenvalue weighted by molar-refractivity contribution is 0.557. The predicted molar refractivity (Wildman–Crippen MR) is 59.3 cm³/mol. The molecule has 0 bridgehead atoms. The van der Waals surface area contributed by atoms with Gasteiger partial charge in [0.05, 0.1) is 6.07 Å². The number of nitrogens with zero attached hydrogens (tertiary/aromatic N) is 3. The van der Waals surface area contributed by atoms with Crippen LogP contribution in [0.3, 0.4) is 0 Å². The fraction of sp³-hybridized carbons (Fsp3) is 0.583. The molecule has 3 heteroatoms. The minimum Gasteiger partial charge on any atom is -0.240 e. The van der Waals surface area contributed by atoms with Gasteiger partial charge in [0.1, 0.15) is 11.7 Å². The number of rotatable bonds is 3. The zero-order valence-electron chi connectivity index (χ0n) is 9.73. The number of hydrogen-bond donors (Lipinski definition) is 0. The summed E-state index contributed by atoms with van der Waals surface area (Å²) in [5.74, 6) is 1.07. The van der Waals surface area contributed by atoms with Crippen molar-refractivity contribution in [2.24, 2.45) is 5.92 Å². The maximum Gasteiger partial charge on any atom is 0.145 e. The van der Waals surface area contributed by atoms with E-state index in [0.29, 0.717) is 11.7 Å². The van der Waals surface area contributed by atoms with E-state index in [1.54, 1.807) is 6.20 Å². The molecule has 0 amide bonds. The molecule has 15 heavy (non-hydrogen) atoms. The third-order valence-corrected chi connectivity index (χ3v) is 2.37. The minimum atomic E-state index is -0.205. The first-order chi connectivity index (χ1) is 7.06. The standard InChI is InChI=1S/C12H17N3/c1-8(2)10(7-13)12-14-6-5-11(15-12)9(3)4/h5-6,8-10H,1-4H3. The first-order valence-corrected chi connectivity index (χ1v) is 5.28. The van der Waals surface area contributed by atoms with E-state index >= 15 is 0 Å². The van der Waals surface area contributed by atoms with E-state index in [1.807, 2.05) is 19.9 Å². The average Bonchev–Trinajstić information content (AvgIpc) is 2.18. The van der Waals surface area contributed by atoms with Crippen LogP contribution in [0.1, 0.15) is 51.0 Å². The predicted octanol–water partition coefficient (Wildman–Crippen LogP) is 2.86. The molecule has 1 rings (SSSR count). The molecular weight excluding hydrogens is 186 g/mol. The van der Waals surface area contributed by atoms with Crippen molar-refractivity contribution in [3.8, 4) is 6.07 Å². The molecule has 0 aliphatic heterocycles. The molecule has 0 fully saturated rings. The zero-order chi connectivity index (χ0) is 11.4. The summed E-state index contributed by atoms with van der Waals surface area (Å²) in [5.41, 5.74) is 1.00. The average molecular weight is 203 g/mol. The van der Waals surface area contributed by atoms with Crippen molar-refractivity contribution in [2.75, 3.05) is 0 Å². The van der Waals surface area contributed by atoms with E-state index in [2.05, 4.69) is 29.9 Å². The second kappa shape index (κ2) is 4.88. The van der Waals surface area contributed by atoms with Gasteiger partial charge >= 0.3 is 0 Å². The molecule has 0 aliphatic rings. The van der Waals surface area contributed by atoms with Crippen molar-refractivity contribution >= 4 is 0 Å². The van der Waals surface area contributed by atoms with Gasteiger partial charge in [0, 0.05) is 11.9 Å². The molecule has 0 spiro atoms. The van der Waals surface area contributed by atoms with Crippen molar-refractivity contribution in [2.45, 2.75) is 39.5 Å². The lowest BCUT2D eigenvalue weighted by atomic mass is 9.96. The Labute approximate surface area is 91.2 Å². The molecule has 1 aromatic rings. The Bertz CT molecular complexity index is 363. The highest BCUT2D eigenvalue weighted by molar-refractivity contribution is 5.14. The highest BCUT2D eigenvalue weighted by Crippen LogP contribution is 2.21. The van der Waals surface area contributed by atoms with Gasteiger partial charge in [-0.1, -0.05) is 27.7 Å².